The van der Waals surface area contributed by atoms with E-state index in [0.29, 0.717) is 19.5 Å². The summed E-state index contributed by atoms with van der Waals surface area (Å²) in [6, 6.07) is 9.76. The number of carbonyl (C=O) groups is 2. The van der Waals surface area contributed by atoms with Crippen LogP contribution in [0, 0.1) is 0 Å². The molecule has 21 heavy (non-hydrogen) atoms. The number of carbonyl (C=O) groups excluding carboxylic acids is 1. The highest BCUT2D eigenvalue weighted by Gasteiger charge is 2.49. The number of hydrogen-bond acceptors (Lipinski definition) is 4. The fourth-order valence-electron chi connectivity index (χ4n) is 3.25. The third-order valence-electron chi connectivity index (χ3n) is 4.22. The van der Waals surface area contributed by atoms with Crippen LogP contribution in [-0.2, 0) is 19.9 Å². The number of benzene rings is 1. The average Bonchev–Trinajstić information content (AvgIpc) is 2.48. The Kier molecular flexibility index (Phi) is 3.65. The van der Waals surface area contributed by atoms with Gasteiger partial charge in [0.05, 0.1) is 18.2 Å². The number of nitrogens with one attached hydrogen (secondary N) is 1. The molecule has 112 valence electrons. The van der Waals surface area contributed by atoms with Crippen molar-refractivity contribution in [2.45, 2.75) is 18.1 Å². The number of amides is 1. The molecule has 6 heteroatoms. The molecule has 0 radical (unpaired) electrons. The number of morpholine rings is 1. The first kappa shape index (κ1) is 14.0. The van der Waals surface area contributed by atoms with Gasteiger partial charge in [0, 0.05) is 13.1 Å². The van der Waals surface area contributed by atoms with Crippen LogP contribution in [0.25, 0.3) is 0 Å². The van der Waals surface area contributed by atoms with E-state index in [9.17, 15) is 9.59 Å². The van der Waals surface area contributed by atoms with Gasteiger partial charge in [-0.05, 0) is 12.0 Å². The number of carboxylic acids is 1. The minimum atomic E-state index is -0.845. The van der Waals surface area contributed by atoms with Crippen molar-refractivity contribution in [1.82, 2.24) is 10.2 Å². The van der Waals surface area contributed by atoms with Crippen LogP contribution < -0.4 is 5.32 Å². The highest BCUT2D eigenvalue weighted by atomic mass is 16.5. The number of rotatable bonds is 3. The smallest absolute Gasteiger partial charge is 0.317 e. The van der Waals surface area contributed by atoms with E-state index >= 15 is 0 Å². The molecule has 1 aromatic rings. The highest BCUT2D eigenvalue weighted by molar-refractivity contribution is 5.79. The van der Waals surface area contributed by atoms with Crippen LogP contribution in [0.4, 0.5) is 0 Å². The molecule has 2 atom stereocenters. The molecule has 2 saturated heterocycles. The van der Waals surface area contributed by atoms with E-state index in [1.54, 1.807) is 0 Å². The van der Waals surface area contributed by atoms with Crippen molar-refractivity contribution >= 4 is 11.9 Å². The number of ether oxygens (including phenoxy) is 1. The summed E-state index contributed by atoms with van der Waals surface area (Å²) in [7, 11) is 0. The van der Waals surface area contributed by atoms with Gasteiger partial charge in [-0.2, -0.15) is 0 Å². The van der Waals surface area contributed by atoms with Gasteiger partial charge in [-0.25, -0.2) is 0 Å². The predicted molar refractivity (Wildman–Crippen MR) is 74.7 cm³/mol. The molecule has 0 aliphatic carbocycles. The Morgan fingerprint density at radius 1 is 1.43 bits per heavy atom. The van der Waals surface area contributed by atoms with Crippen molar-refractivity contribution in [3.05, 3.63) is 35.9 Å². The largest absolute Gasteiger partial charge is 0.480 e. The molecule has 0 unspecified atom stereocenters. The molecule has 2 fully saturated rings. The molecule has 2 heterocycles. The molecule has 0 aromatic heterocycles. The second-order valence-electron chi connectivity index (χ2n) is 5.56. The number of piperidine rings is 1. The summed E-state index contributed by atoms with van der Waals surface area (Å²) in [6.07, 6.45) is 0.409. The van der Waals surface area contributed by atoms with Gasteiger partial charge >= 0.3 is 5.97 Å². The van der Waals surface area contributed by atoms with Gasteiger partial charge < -0.3 is 15.2 Å². The topological polar surface area (TPSA) is 78.9 Å². The highest BCUT2D eigenvalue weighted by Crippen LogP contribution is 2.36. The van der Waals surface area contributed by atoms with Crippen molar-refractivity contribution in [1.29, 1.82) is 0 Å². The maximum absolute atomic E-state index is 11.8. The first-order chi connectivity index (χ1) is 10.1. The molecular weight excluding hydrogens is 272 g/mol. The molecule has 2 aliphatic heterocycles. The molecule has 6 nitrogen and oxygen atoms in total. The zero-order valence-corrected chi connectivity index (χ0v) is 11.6. The Balaban J connectivity index is 1.88. The van der Waals surface area contributed by atoms with Crippen molar-refractivity contribution in [2.24, 2.45) is 0 Å². The second kappa shape index (κ2) is 5.46. The molecule has 3 rings (SSSR count). The average molecular weight is 290 g/mol. The fourth-order valence-corrected chi connectivity index (χ4v) is 3.25. The van der Waals surface area contributed by atoms with Gasteiger partial charge in [0.25, 0.3) is 0 Å². The molecule has 2 N–H and O–H groups in total. The van der Waals surface area contributed by atoms with Gasteiger partial charge in [-0.3, -0.25) is 14.5 Å². The minimum absolute atomic E-state index is 0.00131. The van der Waals surface area contributed by atoms with E-state index in [1.165, 1.54) is 0 Å². The van der Waals surface area contributed by atoms with Crippen LogP contribution in [0.15, 0.2) is 30.3 Å². The van der Waals surface area contributed by atoms with Crippen molar-refractivity contribution in [2.75, 3.05) is 26.2 Å². The Morgan fingerprint density at radius 2 is 2.19 bits per heavy atom. The summed E-state index contributed by atoms with van der Waals surface area (Å²) in [6.45, 7) is 1.14. The van der Waals surface area contributed by atoms with Gasteiger partial charge in [0.15, 0.2) is 0 Å². The van der Waals surface area contributed by atoms with Crippen LogP contribution >= 0.6 is 0 Å². The SMILES string of the molecule is O=C(O)CN1CC[C@@]2(c3ccccc3)NC(=O)CO[C@@H]2C1. The zero-order valence-electron chi connectivity index (χ0n) is 11.6. The van der Waals surface area contributed by atoms with Gasteiger partial charge in [-0.15, -0.1) is 0 Å². The summed E-state index contributed by atoms with van der Waals surface area (Å²) in [5.41, 5.74) is 0.462. The first-order valence-electron chi connectivity index (χ1n) is 7.02. The predicted octanol–water partition coefficient (Wildman–Crippen LogP) is 0.187. The third kappa shape index (κ3) is 2.64. The molecule has 1 aromatic carbocycles. The molecule has 0 bridgehead atoms. The van der Waals surface area contributed by atoms with E-state index in [0.717, 1.165) is 5.56 Å². The number of nitrogens with zero attached hydrogens (tertiary/aromatic N) is 1. The summed E-state index contributed by atoms with van der Waals surface area (Å²) >= 11 is 0. The van der Waals surface area contributed by atoms with Gasteiger partial charge in [0.1, 0.15) is 6.61 Å². The lowest BCUT2D eigenvalue weighted by Gasteiger charge is -2.50. The van der Waals surface area contributed by atoms with Crippen molar-refractivity contribution in [3.63, 3.8) is 0 Å². The number of aliphatic carboxylic acids is 1. The standard InChI is InChI=1S/C15H18N2O4/c18-13-10-21-12-8-17(9-14(19)20)7-6-15(12,16-13)11-4-2-1-3-5-11/h1-5,12H,6-10H2,(H,16,18)(H,19,20)/t12-,15+/m1/s1. The van der Waals surface area contributed by atoms with E-state index in [4.69, 9.17) is 9.84 Å². The minimum Gasteiger partial charge on any atom is -0.480 e. The number of fused-ring (bicyclic) bond motifs is 1. The van der Waals surface area contributed by atoms with Crippen molar-refractivity contribution < 1.29 is 19.4 Å². The second-order valence-corrected chi connectivity index (χ2v) is 5.56. The van der Waals surface area contributed by atoms with E-state index in [-0.39, 0.29) is 25.2 Å². The number of carboxylic acid groups (broad SMARTS) is 1. The first-order valence-corrected chi connectivity index (χ1v) is 7.02. The molecule has 1 amide bonds. The Bertz CT molecular complexity index is 548. The zero-order chi connectivity index (χ0) is 14.9. The van der Waals surface area contributed by atoms with Crippen LogP contribution in [-0.4, -0.2) is 54.2 Å². The summed E-state index contributed by atoms with van der Waals surface area (Å²) < 4.78 is 5.72. The number of likely N-dealkylation sites (tertiary alicyclic amines) is 1. The lowest BCUT2D eigenvalue weighted by atomic mass is 9.77. The lowest BCUT2D eigenvalue weighted by Crippen LogP contribution is -2.66. The Hall–Kier alpha value is -1.92. The summed E-state index contributed by atoms with van der Waals surface area (Å²) in [5, 5.41) is 12.0. The molecule has 2 aliphatic rings. The quantitative estimate of drug-likeness (QED) is 0.830. The summed E-state index contributed by atoms with van der Waals surface area (Å²) in [5.74, 6) is -0.969. The maximum atomic E-state index is 11.8. The molecule has 0 spiro atoms. The van der Waals surface area contributed by atoms with E-state index < -0.39 is 11.5 Å². The monoisotopic (exact) mass is 290 g/mol. The van der Waals surface area contributed by atoms with Gasteiger partial charge in [0.2, 0.25) is 5.91 Å². The van der Waals surface area contributed by atoms with Crippen molar-refractivity contribution in [3.8, 4) is 0 Å². The maximum Gasteiger partial charge on any atom is 0.317 e. The van der Waals surface area contributed by atoms with Crippen LogP contribution in [0.2, 0.25) is 0 Å². The Morgan fingerprint density at radius 3 is 2.90 bits per heavy atom. The van der Waals surface area contributed by atoms with Crippen LogP contribution in [0.5, 0.6) is 0 Å². The van der Waals surface area contributed by atoms with E-state index in [1.807, 2.05) is 35.2 Å². The van der Waals surface area contributed by atoms with Gasteiger partial charge in [-0.1, -0.05) is 30.3 Å². The molecule has 0 saturated carbocycles. The van der Waals surface area contributed by atoms with Crippen LogP contribution in [0.3, 0.4) is 0 Å². The Labute approximate surface area is 122 Å². The number of hydrogen-bond donors (Lipinski definition) is 2. The lowest BCUT2D eigenvalue weighted by molar-refractivity contribution is -0.155. The molecular formula is C15H18N2O4. The normalized spacial score (nSPS) is 29.5. The fraction of sp³-hybridized carbons (Fsp3) is 0.467. The summed E-state index contributed by atoms with van der Waals surface area (Å²) in [4.78, 5) is 24.5. The third-order valence-corrected chi connectivity index (χ3v) is 4.22. The van der Waals surface area contributed by atoms with Crippen LogP contribution in [0.1, 0.15) is 12.0 Å². The van der Waals surface area contributed by atoms with E-state index in [2.05, 4.69) is 5.32 Å².